The van der Waals surface area contributed by atoms with Gasteiger partial charge in [-0.2, -0.15) is 5.26 Å². The van der Waals surface area contributed by atoms with Crippen LogP contribution >= 0.6 is 0 Å². The fourth-order valence-electron chi connectivity index (χ4n) is 5.24. The van der Waals surface area contributed by atoms with Crippen molar-refractivity contribution in [2.24, 2.45) is 5.41 Å². The Balaban J connectivity index is 1.41. The second-order valence-corrected chi connectivity index (χ2v) is 10.3. The lowest BCUT2D eigenvalue weighted by Crippen LogP contribution is -2.42. The van der Waals surface area contributed by atoms with Crippen LogP contribution in [0.4, 0.5) is 20.3 Å². The molecule has 1 aliphatic carbocycles. The summed E-state index contributed by atoms with van der Waals surface area (Å²) in [5.74, 6) is -0.312. The second-order valence-electron chi connectivity index (χ2n) is 10.3. The Morgan fingerprint density at radius 3 is 2.57 bits per heavy atom. The number of pyridine rings is 1. The predicted octanol–water partition coefficient (Wildman–Crippen LogP) is 5.11. The summed E-state index contributed by atoms with van der Waals surface area (Å²) in [6.45, 7) is 4.15. The molecule has 37 heavy (non-hydrogen) atoms. The van der Waals surface area contributed by atoms with E-state index in [-0.39, 0.29) is 11.7 Å². The van der Waals surface area contributed by atoms with Crippen molar-refractivity contribution < 1.29 is 18.3 Å². The Morgan fingerprint density at radius 1 is 1.14 bits per heavy atom. The quantitative estimate of drug-likeness (QED) is 0.407. The third-order valence-corrected chi connectivity index (χ3v) is 7.45. The van der Waals surface area contributed by atoms with Crippen molar-refractivity contribution in [2.45, 2.75) is 63.6 Å². The number of nitrogens with one attached hydrogen (secondary N) is 3. The number of ether oxygens (including phenoxy) is 2. The average Bonchev–Trinajstić information content (AvgIpc) is 2.91. The smallest absolute Gasteiger partial charge is 0.149 e. The van der Waals surface area contributed by atoms with Crippen molar-refractivity contribution in [1.29, 1.82) is 5.26 Å². The van der Waals surface area contributed by atoms with E-state index in [1.807, 2.05) is 0 Å². The first-order valence-corrected chi connectivity index (χ1v) is 13.1. The average molecular weight is 514 g/mol. The summed E-state index contributed by atoms with van der Waals surface area (Å²) < 4.78 is 40.0. The number of benzene rings is 1. The molecule has 1 saturated heterocycles. The molecule has 0 spiro atoms. The number of hydrogen-bond acceptors (Lipinski definition) is 7. The van der Waals surface area contributed by atoms with Crippen LogP contribution in [0.5, 0.6) is 0 Å². The zero-order chi connectivity index (χ0) is 26.3. The first-order valence-electron chi connectivity index (χ1n) is 13.1. The maximum atomic E-state index is 14.8. The highest BCUT2D eigenvalue weighted by Crippen LogP contribution is 2.33. The minimum absolute atomic E-state index is 0.248. The summed E-state index contributed by atoms with van der Waals surface area (Å²) in [5.41, 5.74) is 0.545. The summed E-state index contributed by atoms with van der Waals surface area (Å²) in [6, 6.07) is 9.59. The van der Waals surface area contributed by atoms with Gasteiger partial charge in [0.05, 0.1) is 30.0 Å². The van der Waals surface area contributed by atoms with Gasteiger partial charge in [-0.1, -0.05) is 6.07 Å². The Morgan fingerprint density at radius 2 is 1.86 bits per heavy atom. The van der Waals surface area contributed by atoms with Crippen LogP contribution in [0.15, 0.2) is 30.5 Å². The Hall–Kier alpha value is -2.80. The van der Waals surface area contributed by atoms with Crippen molar-refractivity contribution in [1.82, 2.24) is 10.3 Å². The molecule has 200 valence electrons. The number of anilines is 2. The largest absolute Gasteiger partial charge is 0.383 e. The molecule has 7 nitrogen and oxygen atoms in total. The monoisotopic (exact) mass is 513 g/mol. The molecular formula is C28H37F2N5O2. The van der Waals surface area contributed by atoms with Crippen LogP contribution in [0.3, 0.4) is 0 Å². The molecule has 1 atom stereocenters. The molecule has 2 fully saturated rings. The SMILES string of the molecule is COC[C@@H](C)N[C@H]1CC[C@H](Nc2cc(-c3ccc(F)c(NCC4(C#N)CCOCC4)c3)c(F)cn2)CC1. The second kappa shape index (κ2) is 12.6. The van der Waals surface area contributed by atoms with Crippen molar-refractivity contribution in [2.75, 3.05) is 44.1 Å². The van der Waals surface area contributed by atoms with Gasteiger partial charge in [-0.05, 0) is 69.2 Å². The molecule has 1 aliphatic heterocycles. The number of methoxy groups -OCH3 is 1. The Kier molecular flexibility index (Phi) is 9.30. The lowest BCUT2D eigenvalue weighted by molar-refractivity contribution is 0.0456. The van der Waals surface area contributed by atoms with E-state index in [0.29, 0.717) is 68.2 Å². The molecule has 4 rings (SSSR count). The summed E-state index contributed by atoms with van der Waals surface area (Å²) in [6.07, 6.45) is 6.46. The summed E-state index contributed by atoms with van der Waals surface area (Å²) >= 11 is 0. The van der Waals surface area contributed by atoms with Gasteiger partial charge < -0.3 is 25.4 Å². The number of nitriles is 1. The standard InChI is InChI=1S/C28H37F2N5O2/c1-19(16-36-2)34-21-4-6-22(7-5-21)35-27-14-23(25(30)15-32-27)20-3-8-24(29)26(13-20)33-18-28(17-31)9-11-37-12-10-28/h3,8,13-15,19,21-22,33-34H,4-7,9-12,16,18H2,1-2H3,(H,32,35)/t19-,21-,22-/m1/s1. The topological polar surface area (TPSA) is 91.2 Å². The highest BCUT2D eigenvalue weighted by molar-refractivity contribution is 5.71. The van der Waals surface area contributed by atoms with E-state index < -0.39 is 17.0 Å². The highest BCUT2D eigenvalue weighted by atomic mass is 19.1. The zero-order valence-electron chi connectivity index (χ0n) is 21.7. The zero-order valence-corrected chi connectivity index (χ0v) is 21.7. The molecule has 1 aromatic heterocycles. The number of halogens is 2. The molecule has 9 heteroatoms. The van der Waals surface area contributed by atoms with Crippen LogP contribution in [0.25, 0.3) is 11.1 Å². The molecule has 0 radical (unpaired) electrons. The molecule has 1 aromatic carbocycles. The van der Waals surface area contributed by atoms with Gasteiger partial charge in [0.15, 0.2) is 0 Å². The molecule has 1 saturated carbocycles. The third kappa shape index (κ3) is 7.16. The molecule has 0 amide bonds. The van der Waals surface area contributed by atoms with Crippen molar-refractivity contribution >= 4 is 11.5 Å². The predicted molar refractivity (Wildman–Crippen MR) is 140 cm³/mol. The van der Waals surface area contributed by atoms with E-state index in [4.69, 9.17) is 9.47 Å². The van der Waals surface area contributed by atoms with Crippen LogP contribution in [0.1, 0.15) is 45.4 Å². The van der Waals surface area contributed by atoms with Gasteiger partial charge >= 0.3 is 0 Å². The fraction of sp³-hybridized carbons (Fsp3) is 0.571. The molecule has 0 bridgehead atoms. The molecule has 3 N–H and O–H groups in total. The van der Waals surface area contributed by atoms with Crippen molar-refractivity contribution in [3.63, 3.8) is 0 Å². The van der Waals surface area contributed by atoms with E-state index >= 15 is 0 Å². The van der Waals surface area contributed by atoms with Gasteiger partial charge in [-0.3, -0.25) is 0 Å². The maximum Gasteiger partial charge on any atom is 0.149 e. The van der Waals surface area contributed by atoms with Gasteiger partial charge in [0.25, 0.3) is 0 Å². The minimum Gasteiger partial charge on any atom is -0.383 e. The van der Waals surface area contributed by atoms with Crippen LogP contribution in [-0.4, -0.2) is 56.6 Å². The number of hydrogen-bond donors (Lipinski definition) is 3. The first kappa shape index (κ1) is 27.2. The molecular weight excluding hydrogens is 476 g/mol. The number of rotatable bonds is 10. The number of aromatic nitrogens is 1. The lowest BCUT2D eigenvalue weighted by Gasteiger charge is -2.32. The van der Waals surface area contributed by atoms with E-state index in [2.05, 4.69) is 33.9 Å². The van der Waals surface area contributed by atoms with Crippen LogP contribution in [0.2, 0.25) is 0 Å². The van der Waals surface area contributed by atoms with Crippen molar-refractivity contribution in [3.8, 4) is 17.2 Å². The lowest BCUT2D eigenvalue weighted by atomic mass is 9.81. The summed E-state index contributed by atoms with van der Waals surface area (Å²) in [5, 5.41) is 19.8. The van der Waals surface area contributed by atoms with E-state index in [0.717, 1.165) is 25.7 Å². The molecule has 2 heterocycles. The van der Waals surface area contributed by atoms with E-state index in [1.165, 1.54) is 12.3 Å². The summed E-state index contributed by atoms with van der Waals surface area (Å²) in [4.78, 5) is 4.25. The van der Waals surface area contributed by atoms with Crippen molar-refractivity contribution in [3.05, 3.63) is 42.1 Å². The van der Waals surface area contributed by atoms with Crippen LogP contribution in [0, 0.1) is 28.4 Å². The normalized spacial score (nSPS) is 22.1. The van der Waals surface area contributed by atoms with Gasteiger partial charge in [0.2, 0.25) is 0 Å². The minimum atomic E-state index is -0.601. The highest BCUT2D eigenvalue weighted by Gasteiger charge is 2.32. The molecule has 2 aromatic rings. The van der Waals surface area contributed by atoms with E-state index in [9.17, 15) is 14.0 Å². The van der Waals surface area contributed by atoms with Crippen LogP contribution < -0.4 is 16.0 Å². The number of nitrogens with zero attached hydrogens (tertiary/aromatic N) is 2. The fourth-order valence-corrected chi connectivity index (χ4v) is 5.24. The molecule has 2 aliphatic rings. The van der Waals surface area contributed by atoms with Gasteiger partial charge in [0, 0.05) is 50.6 Å². The third-order valence-electron chi connectivity index (χ3n) is 7.45. The van der Waals surface area contributed by atoms with Gasteiger partial charge in [0.1, 0.15) is 17.5 Å². The summed E-state index contributed by atoms with van der Waals surface area (Å²) in [7, 11) is 1.71. The van der Waals surface area contributed by atoms with E-state index in [1.54, 1.807) is 25.3 Å². The van der Waals surface area contributed by atoms with Crippen LogP contribution in [-0.2, 0) is 9.47 Å². The first-order chi connectivity index (χ1) is 17.9. The van der Waals surface area contributed by atoms with Gasteiger partial charge in [-0.25, -0.2) is 13.8 Å². The van der Waals surface area contributed by atoms with Gasteiger partial charge in [-0.15, -0.1) is 0 Å². The maximum absolute atomic E-state index is 14.8. The Labute approximate surface area is 218 Å². The molecule has 0 unspecified atom stereocenters. The Bertz CT molecular complexity index is 1080.